The Labute approximate surface area is 58.9 Å². The monoisotopic (exact) mass is 128 g/mol. The largest absolute Gasteiger partial charge is 0.390 e. The third kappa shape index (κ3) is 2.90. The van der Waals surface area contributed by atoms with Gasteiger partial charge < -0.3 is 4.74 Å². The molecule has 2 heteroatoms. The Hall–Kier alpha value is 0.0249. The van der Waals surface area contributed by atoms with Crippen LogP contribution in [0.3, 0.4) is 0 Å². The van der Waals surface area contributed by atoms with Crippen LogP contribution in [-0.4, -0.2) is 19.8 Å². The molecule has 1 unspecified atom stereocenters. The summed E-state index contributed by atoms with van der Waals surface area (Å²) in [6.07, 6.45) is 2.46. The molecule has 9 heavy (non-hydrogen) atoms. The van der Waals surface area contributed by atoms with Crippen molar-refractivity contribution in [2.45, 2.75) is 39.4 Å². The number of rotatable bonds is 4. The maximum absolute atomic E-state index is 5.19. The molecule has 1 atom stereocenters. The summed E-state index contributed by atoms with van der Waals surface area (Å²) in [5.41, 5.74) is 0. The summed E-state index contributed by atoms with van der Waals surface area (Å²) >= 11 is 0. The van der Waals surface area contributed by atoms with Gasteiger partial charge in [0.15, 0.2) is 6.71 Å². The smallest absolute Gasteiger partial charge is 0.175 e. The van der Waals surface area contributed by atoms with Gasteiger partial charge in [-0.3, -0.25) is 0 Å². The first-order chi connectivity index (χ1) is 4.26. The molecule has 54 valence electrons. The zero-order valence-corrected chi connectivity index (χ0v) is 6.98. The fourth-order valence-corrected chi connectivity index (χ4v) is 1.14. The Morgan fingerprint density at radius 3 is 1.89 bits per heavy atom. The SMILES string of the molecule is CCB(CC)C(C)OC. The van der Waals surface area contributed by atoms with Gasteiger partial charge in [-0.1, -0.05) is 26.5 Å². The van der Waals surface area contributed by atoms with E-state index in [2.05, 4.69) is 20.8 Å². The molecule has 0 saturated carbocycles. The summed E-state index contributed by atoms with van der Waals surface area (Å²) in [6, 6.07) is 0.431. The van der Waals surface area contributed by atoms with E-state index in [0.717, 1.165) is 6.71 Å². The lowest BCUT2D eigenvalue weighted by Gasteiger charge is -2.15. The fraction of sp³-hybridized carbons (Fsp3) is 1.00. The number of ether oxygens (including phenoxy) is 1. The van der Waals surface area contributed by atoms with Crippen LogP contribution < -0.4 is 0 Å². The fourth-order valence-electron chi connectivity index (χ4n) is 1.14. The van der Waals surface area contributed by atoms with Gasteiger partial charge in [-0.15, -0.1) is 0 Å². The van der Waals surface area contributed by atoms with Crippen molar-refractivity contribution >= 4 is 6.71 Å². The predicted molar refractivity (Wildman–Crippen MR) is 43.2 cm³/mol. The third-order valence-corrected chi connectivity index (χ3v) is 2.08. The molecule has 0 aliphatic heterocycles. The summed E-state index contributed by atoms with van der Waals surface area (Å²) in [7, 11) is 1.78. The Kier molecular flexibility index (Phi) is 4.88. The van der Waals surface area contributed by atoms with E-state index < -0.39 is 0 Å². The highest BCUT2D eigenvalue weighted by Crippen LogP contribution is 2.05. The second kappa shape index (κ2) is 4.86. The van der Waals surface area contributed by atoms with E-state index in [1.165, 1.54) is 12.6 Å². The molecule has 0 rings (SSSR count). The number of hydrogen-bond donors (Lipinski definition) is 0. The zero-order valence-electron chi connectivity index (χ0n) is 6.98. The molecular weight excluding hydrogens is 111 g/mol. The molecule has 0 spiro atoms. The van der Waals surface area contributed by atoms with Crippen molar-refractivity contribution in [1.82, 2.24) is 0 Å². The molecule has 0 aromatic carbocycles. The summed E-state index contributed by atoms with van der Waals surface area (Å²) in [5.74, 6) is 0. The average Bonchev–Trinajstić information content (AvgIpc) is 1.90. The molecule has 0 aromatic rings. The third-order valence-electron chi connectivity index (χ3n) is 2.08. The van der Waals surface area contributed by atoms with Crippen molar-refractivity contribution in [3.63, 3.8) is 0 Å². The van der Waals surface area contributed by atoms with Crippen LogP contribution in [0.4, 0.5) is 0 Å². The standard InChI is InChI=1S/C7H17BO/c1-5-8(6-2)7(3)9-4/h7H,5-6H2,1-4H3. The van der Waals surface area contributed by atoms with Gasteiger partial charge in [-0.2, -0.15) is 0 Å². The topological polar surface area (TPSA) is 9.23 Å². The van der Waals surface area contributed by atoms with E-state index in [0.29, 0.717) is 6.00 Å². The number of methoxy groups -OCH3 is 1. The second-order valence-corrected chi connectivity index (χ2v) is 2.52. The van der Waals surface area contributed by atoms with Crippen LogP contribution in [0.2, 0.25) is 12.6 Å². The van der Waals surface area contributed by atoms with Crippen LogP contribution in [0.25, 0.3) is 0 Å². The van der Waals surface area contributed by atoms with Gasteiger partial charge in [0.1, 0.15) is 0 Å². The van der Waals surface area contributed by atoms with E-state index in [1.807, 2.05) is 0 Å². The predicted octanol–water partition coefficient (Wildman–Crippen LogP) is 2.10. The lowest BCUT2D eigenvalue weighted by Crippen LogP contribution is -2.27. The molecule has 0 N–H and O–H groups in total. The van der Waals surface area contributed by atoms with Gasteiger partial charge in [0, 0.05) is 13.1 Å². The van der Waals surface area contributed by atoms with Gasteiger partial charge in [-0.25, -0.2) is 0 Å². The van der Waals surface area contributed by atoms with Crippen molar-refractivity contribution in [2.24, 2.45) is 0 Å². The van der Waals surface area contributed by atoms with E-state index in [-0.39, 0.29) is 0 Å². The summed E-state index contributed by atoms with van der Waals surface area (Å²) in [4.78, 5) is 0. The minimum atomic E-state index is 0.431. The van der Waals surface area contributed by atoms with E-state index in [4.69, 9.17) is 4.74 Å². The molecule has 1 nitrogen and oxygen atoms in total. The molecule has 0 heterocycles. The van der Waals surface area contributed by atoms with Crippen LogP contribution in [0.5, 0.6) is 0 Å². The maximum Gasteiger partial charge on any atom is 0.175 e. The van der Waals surface area contributed by atoms with Crippen molar-refractivity contribution in [1.29, 1.82) is 0 Å². The van der Waals surface area contributed by atoms with Crippen molar-refractivity contribution in [3.8, 4) is 0 Å². The zero-order chi connectivity index (χ0) is 7.28. The molecule has 0 saturated heterocycles. The van der Waals surface area contributed by atoms with Crippen LogP contribution in [0.15, 0.2) is 0 Å². The molecule has 0 radical (unpaired) electrons. The Morgan fingerprint density at radius 1 is 1.33 bits per heavy atom. The van der Waals surface area contributed by atoms with Crippen LogP contribution >= 0.6 is 0 Å². The molecular formula is C7H17BO. The Morgan fingerprint density at radius 2 is 1.78 bits per heavy atom. The number of hydrogen-bond acceptors (Lipinski definition) is 1. The molecule has 0 aliphatic rings. The van der Waals surface area contributed by atoms with Crippen LogP contribution in [-0.2, 0) is 4.74 Å². The first-order valence-corrected chi connectivity index (χ1v) is 3.79. The minimum Gasteiger partial charge on any atom is -0.390 e. The van der Waals surface area contributed by atoms with Crippen molar-refractivity contribution < 1.29 is 4.74 Å². The highest BCUT2D eigenvalue weighted by atomic mass is 16.5. The quantitative estimate of drug-likeness (QED) is 0.526. The van der Waals surface area contributed by atoms with Crippen LogP contribution in [0.1, 0.15) is 20.8 Å². The average molecular weight is 128 g/mol. The normalized spacial score (nSPS) is 13.3. The highest BCUT2D eigenvalue weighted by Gasteiger charge is 2.15. The van der Waals surface area contributed by atoms with Gasteiger partial charge in [0.05, 0.1) is 0 Å². The lowest BCUT2D eigenvalue weighted by molar-refractivity contribution is 0.175. The summed E-state index contributed by atoms with van der Waals surface area (Å²) in [6.45, 7) is 7.31. The first kappa shape index (κ1) is 9.02. The van der Waals surface area contributed by atoms with Gasteiger partial charge >= 0.3 is 0 Å². The van der Waals surface area contributed by atoms with E-state index >= 15 is 0 Å². The second-order valence-electron chi connectivity index (χ2n) is 2.52. The first-order valence-electron chi connectivity index (χ1n) is 3.79. The van der Waals surface area contributed by atoms with Gasteiger partial charge in [-0.05, 0) is 6.92 Å². The molecule has 0 fully saturated rings. The Bertz CT molecular complexity index is 61.9. The lowest BCUT2D eigenvalue weighted by atomic mass is 9.42. The van der Waals surface area contributed by atoms with Gasteiger partial charge in [0.25, 0.3) is 0 Å². The summed E-state index contributed by atoms with van der Waals surface area (Å²) in [5, 5.41) is 0. The van der Waals surface area contributed by atoms with E-state index in [9.17, 15) is 0 Å². The van der Waals surface area contributed by atoms with Crippen LogP contribution in [0, 0.1) is 0 Å². The molecule has 0 aliphatic carbocycles. The van der Waals surface area contributed by atoms with Crippen molar-refractivity contribution in [2.75, 3.05) is 7.11 Å². The summed E-state index contributed by atoms with van der Waals surface area (Å²) < 4.78 is 5.19. The Balaban J connectivity index is 3.50. The van der Waals surface area contributed by atoms with Gasteiger partial charge in [0.2, 0.25) is 0 Å². The molecule has 0 bridgehead atoms. The maximum atomic E-state index is 5.19. The van der Waals surface area contributed by atoms with E-state index in [1.54, 1.807) is 7.11 Å². The molecule has 0 aromatic heterocycles. The minimum absolute atomic E-state index is 0.431. The molecule has 0 amide bonds. The highest BCUT2D eigenvalue weighted by molar-refractivity contribution is 6.59. The van der Waals surface area contributed by atoms with Crippen molar-refractivity contribution in [3.05, 3.63) is 0 Å².